The van der Waals surface area contributed by atoms with Gasteiger partial charge in [0.05, 0.1) is 7.11 Å². The number of aliphatic hydroxyl groups is 1. The van der Waals surface area contributed by atoms with E-state index in [-0.39, 0.29) is 6.61 Å². The second-order valence-electron chi connectivity index (χ2n) is 7.26. The molecule has 0 saturated heterocycles. The van der Waals surface area contributed by atoms with Crippen molar-refractivity contribution in [2.75, 3.05) is 20.3 Å². The topological polar surface area (TPSA) is 41.9 Å². The van der Waals surface area contributed by atoms with Gasteiger partial charge in [-0.05, 0) is 62.6 Å². The molecule has 0 fully saturated rings. The minimum atomic E-state index is -0.549. The molecule has 0 saturated carbocycles. The first-order valence-corrected chi connectivity index (χ1v) is 9.68. The van der Waals surface area contributed by atoms with E-state index in [1.165, 1.54) is 16.7 Å². The van der Waals surface area contributed by atoms with Crippen molar-refractivity contribution in [3.63, 3.8) is 0 Å². The van der Waals surface area contributed by atoms with E-state index in [4.69, 9.17) is 9.47 Å². The Morgan fingerprint density at radius 1 is 1.04 bits per heavy atom. The average molecular weight is 372 g/mol. The Hall–Kier alpha value is -2.04. The third-order valence-electron chi connectivity index (χ3n) is 5.03. The van der Waals surface area contributed by atoms with E-state index in [1.54, 1.807) is 7.11 Å². The van der Waals surface area contributed by atoms with Crippen molar-refractivity contribution >= 4 is 0 Å². The van der Waals surface area contributed by atoms with Gasteiger partial charge in [-0.2, -0.15) is 0 Å². The summed E-state index contributed by atoms with van der Waals surface area (Å²) < 4.78 is 10.9. The zero-order chi connectivity index (χ0) is 19.8. The fourth-order valence-corrected chi connectivity index (χ4v) is 3.09. The molecule has 148 valence electrons. The first-order valence-electron chi connectivity index (χ1n) is 9.68. The third kappa shape index (κ3) is 6.56. The van der Waals surface area contributed by atoms with Crippen molar-refractivity contribution in [2.24, 2.45) is 0 Å². The van der Waals surface area contributed by atoms with Gasteiger partial charge in [0.15, 0.2) is 0 Å². The molecule has 2 aromatic carbocycles. The molecular formula is C23H33NO3. The third-order valence-corrected chi connectivity index (χ3v) is 5.03. The van der Waals surface area contributed by atoms with Gasteiger partial charge in [-0.1, -0.05) is 30.7 Å². The number of nitrogens with zero attached hydrogens (tertiary/aromatic N) is 1. The molecule has 0 unspecified atom stereocenters. The molecule has 4 heteroatoms. The van der Waals surface area contributed by atoms with Gasteiger partial charge in [0, 0.05) is 19.1 Å². The molecule has 0 aliphatic carbocycles. The van der Waals surface area contributed by atoms with Crippen LogP contribution in [0.3, 0.4) is 0 Å². The summed E-state index contributed by atoms with van der Waals surface area (Å²) in [6.07, 6.45) is 0.489. The van der Waals surface area contributed by atoms with Crippen LogP contribution in [0, 0.1) is 13.8 Å². The van der Waals surface area contributed by atoms with Crippen LogP contribution in [0.1, 0.15) is 37.0 Å². The molecule has 2 aromatic rings. The molecule has 4 nitrogen and oxygen atoms in total. The van der Waals surface area contributed by atoms with Crippen LogP contribution in [0.4, 0.5) is 0 Å². The fourth-order valence-electron chi connectivity index (χ4n) is 3.09. The largest absolute Gasteiger partial charge is 0.497 e. The predicted octanol–water partition coefficient (Wildman–Crippen LogP) is 4.35. The lowest BCUT2D eigenvalue weighted by Crippen LogP contribution is -2.40. The lowest BCUT2D eigenvalue weighted by Gasteiger charge is -2.31. The number of aryl methyl sites for hydroxylation is 2. The molecule has 0 heterocycles. The van der Waals surface area contributed by atoms with Crippen molar-refractivity contribution in [2.45, 2.75) is 52.8 Å². The Morgan fingerprint density at radius 2 is 1.70 bits per heavy atom. The van der Waals surface area contributed by atoms with E-state index in [1.807, 2.05) is 24.3 Å². The monoisotopic (exact) mass is 371 g/mol. The number of rotatable bonds is 10. The summed E-state index contributed by atoms with van der Waals surface area (Å²) in [5, 5.41) is 10.5. The Kier molecular flexibility index (Phi) is 8.14. The van der Waals surface area contributed by atoms with Gasteiger partial charge in [-0.25, -0.2) is 0 Å². The SMILES string of the molecule is CC[C@H](C)N(Cc1ccc(C)cc1C)C[C@@H](O)COc1ccc(OC)cc1. The average Bonchev–Trinajstić information content (AvgIpc) is 2.67. The van der Waals surface area contributed by atoms with Crippen molar-refractivity contribution < 1.29 is 14.6 Å². The Labute approximate surface area is 163 Å². The van der Waals surface area contributed by atoms with E-state index >= 15 is 0 Å². The molecule has 0 aliphatic rings. The first-order chi connectivity index (χ1) is 12.9. The molecule has 0 spiro atoms. The summed E-state index contributed by atoms with van der Waals surface area (Å²) >= 11 is 0. The van der Waals surface area contributed by atoms with Crippen LogP contribution >= 0.6 is 0 Å². The smallest absolute Gasteiger partial charge is 0.119 e. The Balaban J connectivity index is 1.95. The van der Waals surface area contributed by atoms with Crippen LogP contribution in [0.5, 0.6) is 11.5 Å². The highest BCUT2D eigenvalue weighted by molar-refractivity contribution is 5.31. The second kappa shape index (κ2) is 10.3. The molecule has 0 radical (unpaired) electrons. The number of hydrogen-bond donors (Lipinski definition) is 1. The van der Waals surface area contributed by atoms with Crippen LogP contribution < -0.4 is 9.47 Å². The molecule has 0 amide bonds. The van der Waals surface area contributed by atoms with E-state index in [0.29, 0.717) is 12.6 Å². The van der Waals surface area contributed by atoms with Crippen molar-refractivity contribution in [1.82, 2.24) is 4.90 Å². The summed E-state index contributed by atoms with van der Waals surface area (Å²) in [7, 11) is 1.64. The molecular weight excluding hydrogens is 338 g/mol. The van der Waals surface area contributed by atoms with Crippen molar-refractivity contribution in [3.8, 4) is 11.5 Å². The van der Waals surface area contributed by atoms with Gasteiger partial charge in [-0.3, -0.25) is 4.90 Å². The van der Waals surface area contributed by atoms with Crippen LogP contribution in [0.2, 0.25) is 0 Å². The number of hydrogen-bond acceptors (Lipinski definition) is 4. The lowest BCUT2D eigenvalue weighted by molar-refractivity contribution is 0.0505. The Bertz CT molecular complexity index is 699. The molecule has 27 heavy (non-hydrogen) atoms. The maximum Gasteiger partial charge on any atom is 0.119 e. The standard InChI is InChI=1S/C23H33NO3/c1-6-19(4)24(14-20-8-7-17(2)13-18(20)3)15-21(25)16-27-23-11-9-22(26-5)10-12-23/h7-13,19,21,25H,6,14-16H2,1-5H3/t19-,21+/m0/s1. The molecule has 0 bridgehead atoms. The summed E-state index contributed by atoms with van der Waals surface area (Å²) in [6, 6.07) is 14.4. The number of methoxy groups -OCH3 is 1. The first kappa shape index (κ1) is 21.3. The predicted molar refractivity (Wildman–Crippen MR) is 111 cm³/mol. The number of aliphatic hydroxyl groups excluding tert-OH is 1. The fraction of sp³-hybridized carbons (Fsp3) is 0.478. The Morgan fingerprint density at radius 3 is 2.30 bits per heavy atom. The second-order valence-corrected chi connectivity index (χ2v) is 7.26. The molecule has 0 aromatic heterocycles. The van der Waals surface area contributed by atoms with Crippen LogP contribution in [-0.4, -0.2) is 42.4 Å². The minimum Gasteiger partial charge on any atom is -0.497 e. The van der Waals surface area contributed by atoms with Gasteiger partial charge in [0.1, 0.15) is 24.2 Å². The summed E-state index contributed by atoms with van der Waals surface area (Å²) in [5.74, 6) is 1.53. The molecule has 1 N–H and O–H groups in total. The van der Waals surface area contributed by atoms with E-state index in [0.717, 1.165) is 24.5 Å². The van der Waals surface area contributed by atoms with Crippen LogP contribution in [0.25, 0.3) is 0 Å². The number of benzene rings is 2. The van der Waals surface area contributed by atoms with Crippen LogP contribution in [-0.2, 0) is 6.54 Å². The lowest BCUT2D eigenvalue weighted by atomic mass is 10.0. The summed E-state index contributed by atoms with van der Waals surface area (Å²) in [5.41, 5.74) is 3.88. The minimum absolute atomic E-state index is 0.270. The zero-order valence-corrected chi connectivity index (χ0v) is 17.2. The van der Waals surface area contributed by atoms with Gasteiger partial charge < -0.3 is 14.6 Å². The van der Waals surface area contributed by atoms with E-state index in [2.05, 4.69) is 50.8 Å². The highest BCUT2D eigenvalue weighted by Gasteiger charge is 2.18. The van der Waals surface area contributed by atoms with E-state index in [9.17, 15) is 5.11 Å². The molecule has 2 atom stereocenters. The normalized spacial score (nSPS) is 13.4. The highest BCUT2D eigenvalue weighted by Crippen LogP contribution is 2.19. The van der Waals surface area contributed by atoms with Crippen LogP contribution in [0.15, 0.2) is 42.5 Å². The zero-order valence-electron chi connectivity index (χ0n) is 17.2. The quantitative estimate of drug-likeness (QED) is 0.674. The van der Waals surface area contributed by atoms with Crippen molar-refractivity contribution in [1.29, 1.82) is 0 Å². The van der Waals surface area contributed by atoms with Gasteiger partial charge >= 0.3 is 0 Å². The van der Waals surface area contributed by atoms with Gasteiger partial charge in [0.2, 0.25) is 0 Å². The van der Waals surface area contributed by atoms with E-state index < -0.39 is 6.10 Å². The summed E-state index contributed by atoms with van der Waals surface area (Å²) in [4.78, 5) is 2.33. The number of ether oxygens (including phenoxy) is 2. The maximum atomic E-state index is 10.5. The van der Waals surface area contributed by atoms with Gasteiger partial charge in [-0.15, -0.1) is 0 Å². The maximum absolute atomic E-state index is 10.5. The van der Waals surface area contributed by atoms with Gasteiger partial charge in [0.25, 0.3) is 0 Å². The summed E-state index contributed by atoms with van der Waals surface area (Å²) in [6.45, 7) is 10.3. The highest BCUT2D eigenvalue weighted by atomic mass is 16.5. The molecule has 0 aliphatic heterocycles. The van der Waals surface area contributed by atoms with Crippen molar-refractivity contribution in [3.05, 3.63) is 59.2 Å². The molecule has 2 rings (SSSR count).